The average molecular weight is 311 g/mol. The maximum absolute atomic E-state index is 12.1. The minimum atomic E-state index is -0.547. The maximum atomic E-state index is 12.1. The second-order valence-electron chi connectivity index (χ2n) is 4.95. The molecule has 0 bridgehead atoms. The molecule has 116 valence electrons. The molecule has 0 radical (unpaired) electrons. The van der Waals surface area contributed by atoms with Gasteiger partial charge in [-0.25, -0.2) is 0 Å². The summed E-state index contributed by atoms with van der Waals surface area (Å²) in [5.74, 6) is -0.992. The smallest absolute Gasteiger partial charge is 0.311 e. The molecule has 1 aromatic carbocycles. The first-order valence-electron chi connectivity index (χ1n) is 7.40. The zero-order valence-electron chi connectivity index (χ0n) is 12.7. The number of carbonyl (C=O) groups excluding carboxylic acids is 2. The lowest BCUT2D eigenvalue weighted by atomic mass is 10.2. The second-order valence-corrected chi connectivity index (χ2v) is 5.39. The van der Waals surface area contributed by atoms with Gasteiger partial charge in [0.2, 0.25) is 0 Å². The lowest BCUT2D eigenvalue weighted by Crippen LogP contribution is -2.43. The first kappa shape index (κ1) is 17.5. The van der Waals surface area contributed by atoms with Crippen molar-refractivity contribution in [3.8, 4) is 0 Å². The van der Waals surface area contributed by atoms with Crippen LogP contribution in [-0.2, 0) is 16.1 Å². The Labute approximate surface area is 131 Å². The predicted octanol–water partition coefficient (Wildman–Crippen LogP) is 2.99. The Kier molecular flexibility index (Phi) is 7.83. The zero-order valence-corrected chi connectivity index (χ0v) is 13.4. The number of carbonyl (C=O) groups is 2. The highest BCUT2D eigenvalue weighted by Crippen LogP contribution is 2.09. The molecule has 21 heavy (non-hydrogen) atoms. The normalized spacial score (nSPS) is 10.2. The number of nitrogens with zero attached hydrogens (tertiary/aromatic N) is 1. The molecule has 4 nitrogen and oxygen atoms in total. The summed E-state index contributed by atoms with van der Waals surface area (Å²) in [6.07, 6.45) is 2.76. The Balaban J connectivity index is 2.51. The van der Waals surface area contributed by atoms with Crippen LogP contribution in [0.25, 0.3) is 0 Å². The summed E-state index contributed by atoms with van der Waals surface area (Å²) in [5.41, 5.74) is 0.913. The summed E-state index contributed by atoms with van der Waals surface area (Å²) in [6.45, 7) is 5.65. The molecule has 0 atom stereocenters. The van der Waals surface area contributed by atoms with Gasteiger partial charge in [0.25, 0.3) is 0 Å². The number of benzene rings is 1. The molecule has 0 spiro atoms. The van der Waals surface area contributed by atoms with Gasteiger partial charge in [0, 0.05) is 24.7 Å². The molecule has 0 fully saturated rings. The van der Waals surface area contributed by atoms with Gasteiger partial charge in [-0.15, -0.1) is 0 Å². The predicted molar refractivity (Wildman–Crippen MR) is 85.1 cm³/mol. The number of nitrogens with one attached hydrogen (secondary N) is 1. The largest absolute Gasteiger partial charge is 0.344 e. The van der Waals surface area contributed by atoms with E-state index in [2.05, 4.69) is 12.2 Å². The van der Waals surface area contributed by atoms with Crippen molar-refractivity contribution in [2.75, 3.05) is 13.1 Å². The van der Waals surface area contributed by atoms with Gasteiger partial charge < -0.3 is 10.2 Å². The zero-order chi connectivity index (χ0) is 15.7. The maximum Gasteiger partial charge on any atom is 0.311 e. The number of hydrogen-bond donors (Lipinski definition) is 1. The third-order valence-electron chi connectivity index (χ3n) is 3.12. The highest BCUT2D eigenvalue weighted by molar-refractivity contribution is 6.35. The van der Waals surface area contributed by atoms with Crippen molar-refractivity contribution in [1.82, 2.24) is 10.2 Å². The van der Waals surface area contributed by atoms with Gasteiger partial charge in [0.05, 0.1) is 0 Å². The Bertz CT molecular complexity index is 460. The van der Waals surface area contributed by atoms with Crippen molar-refractivity contribution < 1.29 is 9.59 Å². The highest BCUT2D eigenvalue weighted by atomic mass is 35.5. The molecule has 0 aliphatic carbocycles. The van der Waals surface area contributed by atoms with Crippen LogP contribution in [0, 0.1) is 0 Å². The molecule has 0 unspecified atom stereocenters. The second kappa shape index (κ2) is 9.40. The quantitative estimate of drug-likeness (QED) is 0.787. The standard InChI is InChI=1S/C16H23ClN2O2/c1-3-5-11-19(10-4-2)16(21)15(20)18-12-13-6-8-14(17)9-7-13/h6-9H,3-5,10-12H2,1-2H3,(H,18,20). The lowest BCUT2D eigenvalue weighted by Gasteiger charge is -2.21. The van der Waals surface area contributed by atoms with Gasteiger partial charge in [-0.1, -0.05) is 44.0 Å². The molecule has 0 heterocycles. The van der Waals surface area contributed by atoms with E-state index in [-0.39, 0.29) is 0 Å². The number of amides is 2. The van der Waals surface area contributed by atoms with Crippen LogP contribution in [0.4, 0.5) is 0 Å². The van der Waals surface area contributed by atoms with Crippen LogP contribution >= 0.6 is 11.6 Å². The molecule has 0 saturated heterocycles. The van der Waals surface area contributed by atoms with Crippen molar-refractivity contribution in [2.24, 2.45) is 0 Å². The Morgan fingerprint density at radius 2 is 1.76 bits per heavy atom. The third-order valence-corrected chi connectivity index (χ3v) is 3.37. The monoisotopic (exact) mass is 310 g/mol. The number of hydrogen-bond acceptors (Lipinski definition) is 2. The minimum Gasteiger partial charge on any atom is -0.344 e. The van der Waals surface area contributed by atoms with Crippen LogP contribution < -0.4 is 5.32 Å². The van der Waals surface area contributed by atoms with Crippen LogP contribution in [0.3, 0.4) is 0 Å². The fraction of sp³-hybridized carbons (Fsp3) is 0.500. The minimum absolute atomic E-state index is 0.329. The summed E-state index contributed by atoms with van der Waals surface area (Å²) < 4.78 is 0. The van der Waals surface area contributed by atoms with Crippen LogP contribution in [0.1, 0.15) is 38.7 Å². The molecule has 0 saturated carbocycles. The summed E-state index contributed by atoms with van der Waals surface area (Å²) in [6, 6.07) is 7.17. The van der Waals surface area contributed by atoms with Crippen molar-refractivity contribution >= 4 is 23.4 Å². The SMILES string of the molecule is CCCCN(CCC)C(=O)C(=O)NCc1ccc(Cl)cc1. The first-order chi connectivity index (χ1) is 10.1. The molecule has 1 rings (SSSR count). The van der Waals surface area contributed by atoms with Crippen molar-refractivity contribution in [3.05, 3.63) is 34.9 Å². The van der Waals surface area contributed by atoms with Crippen LogP contribution in [0.15, 0.2) is 24.3 Å². The fourth-order valence-electron chi connectivity index (χ4n) is 1.94. The molecule has 0 aliphatic rings. The van der Waals surface area contributed by atoms with Crippen LogP contribution in [-0.4, -0.2) is 29.8 Å². The van der Waals surface area contributed by atoms with E-state index in [1.807, 2.05) is 19.1 Å². The van der Waals surface area contributed by atoms with Crippen molar-refractivity contribution in [3.63, 3.8) is 0 Å². The van der Waals surface area contributed by atoms with Gasteiger partial charge >= 0.3 is 11.8 Å². The molecular formula is C16H23ClN2O2. The van der Waals surface area contributed by atoms with Crippen molar-refractivity contribution in [2.45, 2.75) is 39.7 Å². The van der Waals surface area contributed by atoms with E-state index in [9.17, 15) is 9.59 Å². The number of unbranched alkanes of at least 4 members (excludes halogenated alkanes) is 1. The highest BCUT2D eigenvalue weighted by Gasteiger charge is 2.20. The lowest BCUT2D eigenvalue weighted by molar-refractivity contribution is -0.146. The third kappa shape index (κ3) is 6.17. The van der Waals surface area contributed by atoms with Gasteiger partial charge in [-0.2, -0.15) is 0 Å². The molecule has 0 aromatic heterocycles. The van der Waals surface area contributed by atoms with E-state index >= 15 is 0 Å². The molecular weight excluding hydrogens is 288 g/mol. The van der Waals surface area contributed by atoms with Gasteiger partial charge in [-0.05, 0) is 30.5 Å². The Morgan fingerprint density at radius 3 is 2.33 bits per heavy atom. The van der Waals surface area contributed by atoms with Gasteiger partial charge in [-0.3, -0.25) is 9.59 Å². The number of rotatable bonds is 7. The van der Waals surface area contributed by atoms with Crippen LogP contribution in [0.5, 0.6) is 0 Å². The van der Waals surface area contributed by atoms with Crippen molar-refractivity contribution in [1.29, 1.82) is 0 Å². The van der Waals surface area contributed by atoms with E-state index in [4.69, 9.17) is 11.6 Å². The molecule has 1 aromatic rings. The Morgan fingerprint density at radius 1 is 1.10 bits per heavy atom. The number of halogens is 1. The van der Waals surface area contributed by atoms with E-state index < -0.39 is 11.8 Å². The Hall–Kier alpha value is -1.55. The van der Waals surface area contributed by atoms with Gasteiger partial charge in [0.15, 0.2) is 0 Å². The molecule has 5 heteroatoms. The summed E-state index contributed by atoms with van der Waals surface area (Å²) in [5, 5.41) is 3.31. The van der Waals surface area contributed by atoms with E-state index in [1.165, 1.54) is 0 Å². The fourth-order valence-corrected chi connectivity index (χ4v) is 2.06. The molecule has 1 N–H and O–H groups in total. The molecule has 2 amide bonds. The van der Waals surface area contributed by atoms with E-state index in [1.54, 1.807) is 17.0 Å². The molecule has 0 aliphatic heterocycles. The van der Waals surface area contributed by atoms with E-state index in [0.29, 0.717) is 24.7 Å². The van der Waals surface area contributed by atoms with Gasteiger partial charge in [0.1, 0.15) is 0 Å². The summed E-state index contributed by atoms with van der Waals surface area (Å²) in [7, 11) is 0. The topological polar surface area (TPSA) is 49.4 Å². The summed E-state index contributed by atoms with van der Waals surface area (Å²) >= 11 is 5.80. The van der Waals surface area contributed by atoms with Crippen LogP contribution in [0.2, 0.25) is 5.02 Å². The van der Waals surface area contributed by atoms with E-state index in [0.717, 1.165) is 24.8 Å². The summed E-state index contributed by atoms with van der Waals surface area (Å²) in [4.78, 5) is 25.7. The average Bonchev–Trinajstić information content (AvgIpc) is 2.50. The first-order valence-corrected chi connectivity index (χ1v) is 7.77.